The number of pyridine rings is 1. The molecule has 0 saturated heterocycles. The zero-order chi connectivity index (χ0) is 20.0. The van der Waals surface area contributed by atoms with Gasteiger partial charge in [0.15, 0.2) is 9.84 Å². The van der Waals surface area contributed by atoms with Crippen molar-refractivity contribution in [2.45, 2.75) is 17.7 Å². The summed E-state index contributed by atoms with van der Waals surface area (Å²) in [5.74, 6) is -1.11. The second kappa shape index (κ2) is 8.63. The number of hydrogen-bond acceptors (Lipinski definition) is 5. The number of carbonyl (C=O) groups is 2. The summed E-state index contributed by atoms with van der Waals surface area (Å²) in [4.78, 5) is 27.9. The minimum atomic E-state index is -3.33. The molecule has 0 aliphatic heterocycles. The fraction of sp³-hybridized carbons (Fsp3) is 0.278. The molecule has 27 heavy (non-hydrogen) atoms. The van der Waals surface area contributed by atoms with Gasteiger partial charge in [0.25, 0.3) is 5.91 Å². The molecule has 144 valence electrons. The zero-order valence-electron chi connectivity index (χ0n) is 15.1. The van der Waals surface area contributed by atoms with Crippen LogP contribution in [0.5, 0.6) is 0 Å². The fourth-order valence-electron chi connectivity index (χ4n) is 2.63. The summed E-state index contributed by atoms with van der Waals surface area (Å²) in [6, 6.07) is 9.09. The summed E-state index contributed by atoms with van der Waals surface area (Å²) >= 11 is 0. The third kappa shape index (κ3) is 4.82. The van der Waals surface area contributed by atoms with Crippen LogP contribution in [-0.4, -0.2) is 44.7 Å². The number of benzene rings is 1. The molecule has 0 radical (unpaired) electrons. The molecule has 4 N–H and O–H groups in total. The van der Waals surface area contributed by atoms with Crippen LogP contribution in [0.25, 0.3) is 0 Å². The standard InChI is InChI=1S/C18H22N4O4S/c1-3-27(25,26)13-8-6-12(7-9-13)15(11-22-18(24)20-2)16-14(17(19)23)5-4-10-21-16/h4-10,15H,3,11H2,1-2H3,(H2,19,23)(H2,20,22,24)/t15-/m0/s1. The van der Waals surface area contributed by atoms with Gasteiger partial charge in [-0.3, -0.25) is 9.78 Å². The Morgan fingerprint density at radius 1 is 1.19 bits per heavy atom. The Labute approximate surface area is 158 Å². The number of primary amides is 1. The molecule has 1 atom stereocenters. The number of nitrogens with one attached hydrogen (secondary N) is 2. The molecule has 0 fully saturated rings. The summed E-state index contributed by atoms with van der Waals surface area (Å²) in [7, 11) is -1.84. The van der Waals surface area contributed by atoms with Crippen molar-refractivity contribution >= 4 is 21.8 Å². The first kappa shape index (κ1) is 20.4. The van der Waals surface area contributed by atoms with Crippen LogP contribution < -0.4 is 16.4 Å². The van der Waals surface area contributed by atoms with Crippen molar-refractivity contribution in [1.82, 2.24) is 15.6 Å². The minimum Gasteiger partial charge on any atom is -0.366 e. The van der Waals surface area contributed by atoms with E-state index in [9.17, 15) is 18.0 Å². The zero-order valence-corrected chi connectivity index (χ0v) is 15.9. The average molecular weight is 390 g/mol. The van der Waals surface area contributed by atoms with Gasteiger partial charge in [-0.05, 0) is 29.8 Å². The molecule has 0 saturated carbocycles. The molecule has 0 spiro atoms. The number of amides is 3. The van der Waals surface area contributed by atoms with Crippen molar-refractivity contribution in [3.8, 4) is 0 Å². The first-order chi connectivity index (χ1) is 12.8. The van der Waals surface area contributed by atoms with E-state index in [0.29, 0.717) is 11.3 Å². The van der Waals surface area contributed by atoms with Gasteiger partial charge < -0.3 is 16.4 Å². The summed E-state index contributed by atoms with van der Waals surface area (Å²) in [6.45, 7) is 1.73. The van der Waals surface area contributed by atoms with Crippen LogP contribution in [0, 0.1) is 0 Å². The molecule has 1 heterocycles. The number of carbonyl (C=O) groups excluding carboxylic acids is 2. The highest BCUT2D eigenvalue weighted by Gasteiger charge is 2.22. The first-order valence-corrected chi connectivity index (χ1v) is 9.98. The van der Waals surface area contributed by atoms with Crippen LogP contribution in [0.1, 0.15) is 34.5 Å². The Morgan fingerprint density at radius 3 is 2.41 bits per heavy atom. The predicted molar refractivity (Wildman–Crippen MR) is 101 cm³/mol. The minimum absolute atomic E-state index is 0.0000658. The van der Waals surface area contributed by atoms with Gasteiger partial charge in [0.05, 0.1) is 21.9 Å². The maximum absolute atomic E-state index is 12.0. The number of rotatable bonds is 7. The molecule has 0 unspecified atom stereocenters. The molecule has 1 aromatic heterocycles. The molecule has 2 aromatic rings. The Kier molecular flexibility index (Phi) is 6.51. The highest BCUT2D eigenvalue weighted by Crippen LogP contribution is 2.26. The Hall–Kier alpha value is -2.94. The van der Waals surface area contributed by atoms with E-state index in [0.717, 1.165) is 0 Å². The summed E-state index contributed by atoms with van der Waals surface area (Å²) in [6.07, 6.45) is 1.53. The molecule has 1 aromatic carbocycles. The van der Waals surface area contributed by atoms with Crippen molar-refractivity contribution in [3.05, 3.63) is 59.4 Å². The van der Waals surface area contributed by atoms with E-state index in [2.05, 4.69) is 15.6 Å². The van der Waals surface area contributed by atoms with E-state index in [1.165, 1.54) is 25.4 Å². The number of sulfone groups is 1. The highest BCUT2D eigenvalue weighted by atomic mass is 32.2. The molecule has 8 nitrogen and oxygen atoms in total. The molecule has 0 bridgehead atoms. The van der Waals surface area contributed by atoms with Gasteiger partial charge in [-0.1, -0.05) is 19.1 Å². The monoisotopic (exact) mass is 390 g/mol. The van der Waals surface area contributed by atoms with Crippen molar-refractivity contribution in [2.24, 2.45) is 5.73 Å². The summed E-state index contributed by atoms with van der Waals surface area (Å²) < 4.78 is 24.0. The Morgan fingerprint density at radius 2 is 1.85 bits per heavy atom. The van der Waals surface area contributed by atoms with E-state index in [4.69, 9.17) is 5.73 Å². The molecular weight excluding hydrogens is 368 g/mol. The van der Waals surface area contributed by atoms with E-state index < -0.39 is 21.7 Å². The topological polar surface area (TPSA) is 131 Å². The van der Waals surface area contributed by atoms with Gasteiger partial charge in [0.2, 0.25) is 0 Å². The van der Waals surface area contributed by atoms with Crippen LogP contribution in [-0.2, 0) is 9.84 Å². The van der Waals surface area contributed by atoms with Crippen LogP contribution in [0.2, 0.25) is 0 Å². The molecule has 9 heteroatoms. The number of nitrogens with two attached hydrogens (primary N) is 1. The lowest BCUT2D eigenvalue weighted by Gasteiger charge is -2.20. The quantitative estimate of drug-likeness (QED) is 0.650. The van der Waals surface area contributed by atoms with E-state index in [1.54, 1.807) is 31.2 Å². The number of aromatic nitrogens is 1. The number of hydrogen-bond donors (Lipinski definition) is 3. The fourth-order valence-corrected chi connectivity index (χ4v) is 3.52. The smallest absolute Gasteiger partial charge is 0.314 e. The van der Waals surface area contributed by atoms with Gasteiger partial charge in [-0.2, -0.15) is 0 Å². The third-order valence-electron chi connectivity index (χ3n) is 4.15. The lowest BCUT2D eigenvalue weighted by molar-refractivity contribution is 0.0998. The SMILES string of the molecule is CCS(=O)(=O)c1ccc([C@H](CNC(=O)NC)c2ncccc2C(N)=O)cc1. The van der Waals surface area contributed by atoms with Crippen molar-refractivity contribution < 1.29 is 18.0 Å². The maximum atomic E-state index is 12.0. The van der Waals surface area contributed by atoms with Crippen LogP contribution >= 0.6 is 0 Å². The van der Waals surface area contributed by atoms with Crippen LogP contribution in [0.3, 0.4) is 0 Å². The Balaban J connectivity index is 2.48. The molecule has 3 amide bonds. The van der Waals surface area contributed by atoms with Gasteiger partial charge in [0, 0.05) is 25.7 Å². The maximum Gasteiger partial charge on any atom is 0.314 e. The van der Waals surface area contributed by atoms with Crippen LogP contribution in [0.4, 0.5) is 4.79 Å². The molecule has 0 aliphatic carbocycles. The van der Waals surface area contributed by atoms with Crippen LogP contribution in [0.15, 0.2) is 47.5 Å². The summed E-state index contributed by atoms with van der Waals surface area (Å²) in [5, 5.41) is 5.15. The highest BCUT2D eigenvalue weighted by molar-refractivity contribution is 7.91. The van der Waals surface area contributed by atoms with Crippen molar-refractivity contribution in [3.63, 3.8) is 0 Å². The van der Waals surface area contributed by atoms with Gasteiger partial charge in [-0.25, -0.2) is 13.2 Å². The Bertz CT molecular complexity index is 927. The molecule has 2 rings (SSSR count). The normalized spacial score (nSPS) is 12.2. The molecule has 0 aliphatic rings. The second-order valence-electron chi connectivity index (χ2n) is 5.79. The average Bonchev–Trinajstić information content (AvgIpc) is 2.68. The van der Waals surface area contributed by atoms with E-state index in [1.807, 2.05) is 0 Å². The van der Waals surface area contributed by atoms with E-state index >= 15 is 0 Å². The van der Waals surface area contributed by atoms with Gasteiger partial charge in [0.1, 0.15) is 0 Å². The van der Waals surface area contributed by atoms with Crippen molar-refractivity contribution in [1.29, 1.82) is 0 Å². The third-order valence-corrected chi connectivity index (χ3v) is 5.90. The molecular formula is C18H22N4O4S. The van der Waals surface area contributed by atoms with Crippen molar-refractivity contribution in [2.75, 3.05) is 19.3 Å². The lowest BCUT2D eigenvalue weighted by atomic mass is 9.92. The lowest BCUT2D eigenvalue weighted by Crippen LogP contribution is -2.36. The summed E-state index contributed by atoms with van der Waals surface area (Å²) in [5.41, 5.74) is 6.80. The second-order valence-corrected chi connectivity index (χ2v) is 8.06. The number of nitrogens with zero attached hydrogens (tertiary/aromatic N) is 1. The van der Waals surface area contributed by atoms with Gasteiger partial charge >= 0.3 is 6.03 Å². The van der Waals surface area contributed by atoms with E-state index in [-0.39, 0.29) is 28.8 Å². The number of urea groups is 1. The first-order valence-electron chi connectivity index (χ1n) is 8.33. The van der Waals surface area contributed by atoms with Gasteiger partial charge in [-0.15, -0.1) is 0 Å². The largest absolute Gasteiger partial charge is 0.366 e. The predicted octanol–water partition coefficient (Wildman–Crippen LogP) is 1.03.